The van der Waals surface area contributed by atoms with Gasteiger partial charge >= 0.3 is 0 Å². The molecule has 0 aliphatic carbocycles. The monoisotopic (exact) mass is 339 g/mol. The highest BCUT2D eigenvalue weighted by Gasteiger charge is 2.23. The zero-order chi connectivity index (χ0) is 17.6. The number of nitrogens with zero attached hydrogens (tertiary/aromatic N) is 2. The Kier molecular flexibility index (Phi) is 5.92. The van der Waals surface area contributed by atoms with Crippen molar-refractivity contribution < 1.29 is 4.79 Å². The van der Waals surface area contributed by atoms with Crippen LogP contribution in [0.3, 0.4) is 0 Å². The molecule has 1 aromatic carbocycles. The largest absolute Gasteiger partial charge is 0.346 e. The molecule has 1 saturated heterocycles. The van der Waals surface area contributed by atoms with Gasteiger partial charge in [-0.05, 0) is 30.5 Å². The number of benzene rings is 1. The number of piperidine rings is 1. The van der Waals surface area contributed by atoms with Crippen molar-refractivity contribution in [1.29, 1.82) is 0 Å². The maximum atomic E-state index is 12.1. The SMILES string of the molecule is CC(C)C(=O)N1CCC(NCc2cccn2Cc2ccccc2)CC1. The third kappa shape index (κ3) is 4.73. The predicted octanol–water partition coefficient (Wildman–Crippen LogP) is 3.27. The second-order valence-electron chi connectivity index (χ2n) is 7.25. The second-order valence-corrected chi connectivity index (χ2v) is 7.25. The van der Waals surface area contributed by atoms with Crippen LogP contribution in [0.1, 0.15) is 37.9 Å². The molecule has 0 unspecified atom stereocenters. The first kappa shape index (κ1) is 17.7. The van der Waals surface area contributed by atoms with Gasteiger partial charge in [-0.15, -0.1) is 0 Å². The zero-order valence-electron chi connectivity index (χ0n) is 15.3. The Morgan fingerprint density at radius 2 is 1.84 bits per heavy atom. The fraction of sp³-hybridized carbons (Fsp3) is 0.476. The lowest BCUT2D eigenvalue weighted by Gasteiger charge is -2.33. The summed E-state index contributed by atoms with van der Waals surface area (Å²) in [5.74, 6) is 0.390. The molecule has 0 bridgehead atoms. The topological polar surface area (TPSA) is 37.3 Å². The van der Waals surface area contributed by atoms with Gasteiger partial charge in [0.2, 0.25) is 5.91 Å². The highest BCUT2D eigenvalue weighted by Crippen LogP contribution is 2.14. The van der Waals surface area contributed by atoms with Gasteiger partial charge in [0, 0.05) is 50.0 Å². The van der Waals surface area contributed by atoms with Crippen molar-refractivity contribution >= 4 is 5.91 Å². The quantitative estimate of drug-likeness (QED) is 0.877. The number of aromatic nitrogens is 1. The summed E-state index contributed by atoms with van der Waals surface area (Å²) in [6.45, 7) is 7.50. The number of nitrogens with one attached hydrogen (secondary N) is 1. The third-order valence-corrected chi connectivity index (χ3v) is 4.99. The summed E-state index contributed by atoms with van der Waals surface area (Å²) in [6, 6.07) is 15.4. The van der Waals surface area contributed by atoms with E-state index in [0.717, 1.165) is 39.0 Å². The van der Waals surface area contributed by atoms with Crippen molar-refractivity contribution in [3.63, 3.8) is 0 Å². The number of likely N-dealkylation sites (tertiary alicyclic amines) is 1. The smallest absolute Gasteiger partial charge is 0.225 e. The maximum Gasteiger partial charge on any atom is 0.225 e. The fourth-order valence-corrected chi connectivity index (χ4v) is 3.46. The molecule has 0 radical (unpaired) electrons. The van der Waals surface area contributed by atoms with Crippen LogP contribution in [0.4, 0.5) is 0 Å². The standard InChI is InChI=1S/C21H29N3O/c1-17(2)21(25)23-13-10-19(11-14-23)22-15-20-9-6-12-24(20)16-18-7-4-3-5-8-18/h3-9,12,17,19,22H,10-11,13-16H2,1-2H3. The summed E-state index contributed by atoms with van der Waals surface area (Å²) in [5.41, 5.74) is 2.63. The lowest BCUT2D eigenvalue weighted by molar-refractivity contribution is -0.135. The molecule has 2 aromatic rings. The first-order chi connectivity index (χ1) is 12.1. The molecular weight excluding hydrogens is 310 g/mol. The average Bonchev–Trinajstić information content (AvgIpc) is 3.07. The highest BCUT2D eigenvalue weighted by atomic mass is 16.2. The van der Waals surface area contributed by atoms with Gasteiger partial charge < -0.3 is 14.8 Å². The van der Waals surface area contributed by atoms with Crippen LogP contribution in [-0.2, 0) is 17.9 Å². The van der Waals surface area contributed by atoms with Crippen molar-refractivity contribution in [2.45, 2.75) is 45.8 Å². The molecule has 134 valence electrons. The zero-order valence-corrected chi connectivity index (χ0v) is 15.3. The first-order valence-electron chi connectivity index (χ1n) is 9.33. The molecule has 2 heterocycles. The summed E-state index contributed by atoms with van der Waals surface area (Å²) < 4.78 is 2.31. The molecule has 4 heteroatoms. The molecule has 1 amide bonds. The van der Waals surface area contributed by atoms with E-state index in [1.165, 1.54) is 11.3 Å². The number of rotatable bonds is 6. The van der Waals surface area contributed by atoms with Gasteiger partial charge in [0.1, 0.15) is 0 Å². The van der Waals surface area contributed by atoms with E-state index in [0.29, 0.717) is 6.04 Å². The molecule has 1 N–H and O–H groups in total. The van der Waals surface area contributed by atoms with Crippen LogP contribution >= 0.6 is 0 Å². The van der Waals surface area contributed by atoms with Crippen molar-refractivity contribution in [3.8, 4) is 0 Å². The van der Waals surface area contributed by atoms with Crippen LogP contribution in [0, 0.1) is 5.92 Å². The minimum absolute atomic E-state index is 0.103. The lowest BCUT2D eigenvalue weighted by atomic mass is 10.0. The second kappa shape index (κ2) is 8.34. The van der Waals surface area contributed by atoms with E-state index in [1.807, 2.05) is 18.7 Å². The summed E-state index contributed by atoms with van der Waals surface area (Å²) >= 11 is 0. The van der Waals surface area contributed by atoms with Crippen LogP contribution in [0.25, 0.3) is 0 Å². The highest BCUT2D eigenvalue weighted by molar-refractivity contribution is 5.78. The summed E-state index contributed by atoms with van der Waals surface area (Å²) in [5, 5.41) is 3.68. The fourth-order valence-electron chi connectivity index (χ4n) is 3.46. The molecule has 1 aliphatic heterocycles. The van der Waals surface area contributed by atoms with E-state index < -0.39 is 0 Å². The Bertz CT molecular complexity index is 669. The van der Waals surface area contributed by atoms with Crippen molar-refractivity contribution in [2.75, 3.05) is 13.1 Å². The number of amides is 1. The third-order valence-electron chi connectivity index (χ3n) is 4.99. The van der Waals surface area contributed by atoms with Crippen molar-refractivity contribution in [2.24, 2.45) is 5.92 Å². The number of hydrogen-bond acceptors (Lipinski definition) is 2. The Morgan fingerprint density at radius 1 is 1.12 bits per heavy atom. The van der Waals surface area contributed by atoms with Gasteiger partial charge in [-0.3, -0.25) is 4.79 Å². The number of hydrogen-bond donors (Lipinski definition) is 1. The van der Waals surface area contributed by atoms with Gasteiger partial charge in [0.25, 0.3) is 0 Å². The van der Waals surface area contributed by atoms with Gasteiger partial charge in [0.15, 0.2) is 0 Å². The van der Waals surface area contributed by atoms with Crippen LogP contribution in [0.15, 0.2) is 48.7 Å². The van der Waals surface area contributed by atoms with E-state index >= 15 is 0 Å². The molecule has 25 heavy (non-hydrogen) atoms. The summed E-state index contributed by atoms with van der Waals surface area (Å²) in [4.78, 5) is 14.1. The summed E-state index contributed by atoms with van der Waals surface area (Å²) in [6.07, 6.45) is 4.23. The van der Waals surface area contributed by atoms with Crippen molar-refractivity contribution in [3.05, 3.63) is 59.9 Å². The van der Waals surface area contributed by atoms with Crippen LogP contribution in [-0.4, -0.2) is 34.5 Å². The maximum absolute atomic E-state index is 12.1. The molecular formula is C21H29N3O. The lowest BCUT2D eigenvalue weighted by Crippen LogP contribution is -2.46. The molecule has 1 aromatic heterocycles. The Morgan fingerprint density at radius 3 is 2.52 bits per heavy atom. The van der Waals surface area contributed by atoms with Crippen molar-refractivity contribution in [1.82, 2.24) is 14.8 Å². The first-order valence-corrected chi connectivity index (χ1v) is 9.33. The molecule has 1 aliphatic rings. The minimum atomic E-state index is 0.103. The molecule has 1 fully saturated rings. The molecule has 4 nitrogen and oxygen atoms in total. The van der Waals surface area contributed by atoms with E-state index in [1.54, 1.807) is 0 Å². The van der Waals surface area contributed by atoms with Gasteiger partial charge in [-0.2, -0.15) is 0 Å². The molecule has 3 rings (SSSR count). The number of carbonyl (C=O) groups is 1. The minimum Gasteiger partial charge on any atom is -0.346 e. The van der Waals surface area contributed by atoms with Gasteiger partial charge in [-0.1, -0.05) is 44.2 Å². The van der Waals surface area contributed by atoms with E-state index in [4.69, 9.17) is 0 Å². The normalized spacial score (nSPS) is 15.7. The van der Waals surface area contributed by atoms with E-state index in [9.17, 15) is 4.79 Å². The summed E-state index contributed by atoms with van der Waals surface area (Å²) in [7, 11) is 0. The van der Waals surface area contributed by atoms with E-state index in [-0.39, 0.29) is 11.8 Å². The number of carbonyl (C=O) groups excluding carboxylic acids is 1. The Balaban J connectivity index is 1.49. The molecule has 0 atom stereocenters. The van der Waals surface area contributed by atoms with Crippen LogP contribution in [0.2, 0.25) is 0 Å². The Labute approximate surface area is 150 Å². The van der Waals surface area contributed by atoms with Gasteiger partial charge in [0.05, 0.1) is 0 Å². The Hall–Kier alpha value is -2.07. The average molecular weight is 339 g/mol. The molecule has 0 saturated carbocycles. The predicted molar refractivity (Wildman–Crippen MR) is 101 cm³/mol. The van der Waals surface area contributed by atoms with Crippen LogP contribution in [0.5, 0.6) is 0 Å². The van der Waals surface area contributed by atoms with Crippen LogP contribution < -0.4 is 5.32 Å². The van der Waals surface area contributed by atoms with Gasteiger partial charge in [-0.25, -0.2) is 0 Å². The van der Waals surface area contributed by atoms with E-state index in [2.05, 4.69) is 58.5 Å². The molecule has 0 spiro atoms.